The molecule has 1 aromatic rings. The van der Waals surface area contributed by atoms with Gasteiger partial charge in [-0.3, -0.25) is 4.98 Å². The smallest absolute Gasteiger partial charge is 0.147 e. The summed E-state index contributed by atoms with van der Waals surface area (Å²) >= 11 is 0. The molecule has 0 aliphatic carbocycles. The summed E-state index contributed by atoms with van der Waals surface area (Å²) < 4.78 is 5.37. The summed E-state index contributed by atoms with van der Waals surface area (Å²) in [7, 11) is 1.53. The van der Waals surface area contributed by atoms with Gasteiger partial charge in [-0.2, -0.15) is 0 Å². The van der Waals surface area contributed by atoms with Crippen molar-refractivity contribution in [2.45, 2.75) is 6.92 Å². The lowest BCUT2D eigenvalue weighted by atomic mass is 10.1. The highest BCUT2D eigenvalue weighted by Crippen LogP contribution is 2.26. The second kappa shape index (κ2) is 3.05. The molecule has 0 spiro atoms. The summed E-state index contributed by atoms with van der Waals surface area (Å²) in [6.45, 7) is 2.45. The summed E-state index contributed by atoms with van der Waals surface area (Å²) in [5, 5.41) is 3.89. The van der Waals surface area contributed by atoms with Crippen molar-refractivity contribution in [1.82, 2.24) is 4.98 Å². The van der Waals surface area contributed by atoms with Crippen LogP contribution in [0.2, 0.25) is 0 Å². The Kier molecular flexibility index (Phi) is 1.88. The fraction of sp³-hybridized carbons (Fsp3) is 0.333. The van der Waals surface area contributed by atoms with Crippen LogP contribution in [0.25, 0.3) is 0 Å². The molecule has 1 aromatic heterocycles. The van der Waals surface area contributed by atoms with Gasteiger partial charge in [-0.1, -0.05) is 5.16 Å². The van der Waals surface area contributed by atoms with Crippen molar-refractivity contribution in [2.75, 3.05) is 13.7 Å². The summed E-state index contributed by atoms with van der Waals surface area (Å²) in [5.41, 5.74) is 2.90. The summed E-state index contributed by atoms with van der Waals surface area (Å²) in [6, 6.07) is 0. The first kappa shape index (κ1) is 8.04. The minimum absolute atomic E-state index is 0.468. The maximum absolute atomic E-state index is 5.37. The number of rotatable bonds is 1. The molecular weight excluding hydrogens is 168 g/mol. The predicted molar refractivity (Wildman–Crippen MR) is 48.0 cm³/mol. The van der Waals surface area contributed by atoms with Gasteiger partial charge in [0.1, 0.15) is 25.2 Å². The van der Waals surface area contributed by atoms with Crippen molar-refractivity contribution in [3.05, 3.63) is 23.5 Å². The second-order valence-corrected chi connectivity index (χ2v) is 2.84. The minimum atomic E-state index is 0.468. The average Bonchev–Trinajstić information content (AvgIpc) is 2.51. The number of aromatic nitrogens is 1. The molecule has 2 rings (SSSR count). The van der Waals surface area contributed by atoms with Crippen molar-refractivity contribution in [3.8, 4) is 5.75 Å². The molecule has 1 aliphatic heterocycles. The van der Waals surface area contributed by atoms with Gasteiger partial charge in [0.15, 0.2) is 0 Å². The Morgan fingerprint density at radius 2 is 2.38 bits per heavy atom. The van der Waals surface area contributed by atoms with E-state index >= 15 is 0 Å². The molecule has 0 saturated heterocycles. The standard InChI is InChI=1S/C9H10N2O2/c1-6-3-10-4-8-9(6)7(5-13-8)11-12-2/h3-4H,5H2,1-2H3. The zero-order valence-corrected chi connectivity index (χ0v) is 7.57. The summed E-state index contributed by atoms with van der Waals surface area (Å²) in [5.74, 6) is 0.788. The molecule has 0 amide bonds. The van der Waals surface area contributed by atoms with Gasteiger partial charge in [0.25, 0.3) is 0 Å². The number of fused-ring (bicyclic) bond motifs is 1. The first-order chi connectivity index (χ1) is 6.33. The molecule has 13 heavy (non-hydrogen) atoms. The molecule has 4 nitrogen and oxygen atoms in total. The third-order valence-electron chi connectivity index (χ3n) is 1.96. The van der Waals surface area contributed by atoms with Crippen LogP contribution in [0.15, 0.2) is 17.5 Å². The Morgan fingerprint density at radius 1 is 1.54 bits per heavy atom. The molecule has 4 heteroatoms. The van der Waals surface area contributed by atoms with Gasteiger partial charge in [0, 0.05) is 6.20 Å². The molecule has 0 aromatic carbocycles. The van der Waals surface area contributed by atoms with Crippen LogP contribution in [0.1, 0.15) is 11.1 Å². The zero-order valence-electron chi connectivity index (χ0n) is 7.57. The average molecular weight is 178 g/mol. The van der Waals surface area contributed by atoms with Gasteiger partial charge in [-0.05, 0) is 12.5 Å². The van der Waals surface area contributed by atoms with E-state index in [1.54, 1.807) is 12.4 Å². The lowest BCUT2D eigenvalue weighted by Crippen LogP contribution is -2.03. The lowest BCUT2D eigenvalue weighted by molar-refractivity contribution is 0.211. The molecule has 1 aliphatic rings. The fourth-order valence-corrected chi connectivity index (χ4v) is 1.42. The Labute approximate surface area is 76.2 Å². The first-order valence-corrected chi connectivity index (χ1v) is 4.00. The highest BCUT2D eigenvalue weighted by Gasteiger charge is 2.22. The summed E-state index contributed by atoms with van der Waals surface area (Å²) in [6.07, 6.45) is 3.49. The summed E-state index contributed by atoms with van der Waals surface area (Å²) in [4.78, 5) is 8.75. The molecule has 0 fully saturated rings. The quantitative estimate of drug-likeness (QED) is 0.605. The second-order valence-electron chi connectivity index (χ2n) is 2.84. The van der Waals surface area contributed by atoms with Crippen molar-refractivity contribution in [2.24, 2.45) is 5.16 Å². The molecular formula is C9H10N2O2. The Bertz CT molecular complexity index is 361. The maximum atomic E-state index is 5.37. The normalized spacial score (nSPS) is 16.9. The molecule has 0 radical (unpaired) electrons. The number of hydrogen-bond acceptors (Lipinski definition) is 4. The van der Waals surface area contributed by atoms with Crippen LogP contribution in [0.5, 0.6) is 5.75 Å². The van der Waals surface area contributed by atoms with Crippen LogP contribution in [0.3, 0.4) is 0 Å². The number of hydrogen-bond donors (Lipinski definition) is 0. The zero-order chi connectivity index (χ0) is 9.26. The minimum Gasteiger partial charge on any atom is -0.485 e. The first-order valence-electron chi connectivity index (χ1n) is 4.00. The van der Waals surface area contributed by atoms with E-state index in [1.807, 2.05) is 6.92 Å². The van der Waals surface area contributed by atoms with E-state index in [0.717, 1.165) is 22.6 Å². The van der Waals surface area contributed by atoms with Gasteiger partial charge in [-0.25, -0.2) is 0 Å². The predicted octanol–water partition coefficient (Wildman–Crippen LogP) is 1.13. The number of ether oxygens (including phenoxy) is 1. The third kappa shape index (κ3) is 1.24. The van der Waals surface area contributed by atoms with Crippen molar-refractivity contribution < 1.29 is 9.57 Å². The number of pyridine rings is 1. The van der Waals surface area contributed by atoms with Gasteiger partial charge >= 0.3 is 0 Å². The van der Waals surface area contributed by atoms with Crippen LogP contribution < -0.4 is 4.74 Å². The van der Waals surface area contributed by atoms with E-state index in [1.165, 1.54) is 7.11 Å². The number of oxime groups is 1. The van der Waals surface area contributed by atoms with Gasteiger partial charge < -0.3 is 9.57 Å². The van der Waals surface area contributed by atoms with E-state index < -0.39 is 0 Å². The lowest BCUT2D eigenvalue weighted by Gasteiger charge is -1.99. The van der Waals surface area contributed by atoms with Gasteiger partial charge in [-0.15, -0.1) is 0 Å². The van der Waals surface area contributed by atoms with Crippen molar-refractivity contribution in [1.29, 1.82) is 0 Å². The van der Waals surface area contributed by atoms with Crippen LogP contribution in [0, 0.1) is 6.92 Å². The largest absolute Gasteiger partial charge is 0.485 e. The van der Waals surface area contributed by atoms with E-state index in [0.29, 0.717) is 6.61 Å². The van der Waals surface area contributed by atoms with E-state index in [2.05, 4.69) is 10.1 Å². The Hall–Kier alpha value is -1.58. The molecule has 2 heterocycles. The molecule has 0 bridgehead atoms. The van der Waals surface area contributed by atoms with Crippen LogP contribution >= 0.6 is 0 Å². The third-order valence-corrected chi connectivity index (χ3v) is 1.96. The highest BCUT2D eigenvalue weighted by molar-refractivity contribution is 6.06. The van der Waals surface area contributed by atoms with E-state index in [4.69, 9.17) is 9.57 Å². The van der Waals surface area contributed by atoms with Gasteiger partial charge in [0.05, 0.1) is 11.8 Å². The maximum Gasteiger partial charge on any atom is 0.147 e. The van der Waals surface area contributed by atoms with Crippen LogP contribution in [0.4, 0.5) is 0 Å². The molecule has 0 unspecified atom stereocenters. The SMILES string of the molecule is CON=C1COc2cncc(C)c21. The Morgan fingerprint density at radius 3 is 3.15 bits per heavy atom. The van der Waals surface area contributed by atoms with Gasteiger partial charge in [0.2, 0.25) is 0 Å². The van der Waals surface area contributed by atoms with Crippen molar-refractivity contribution in [3.63, 3.8) is 0 Å². The van der Waals surface area contributed by atoms with Crippen molar-refractivity contribution >= 4 is 5.71 Å². The molecule has 0 saturated carbocycles. The fourth-order valence-electron chi connectivity index (χ4n) is 1.42. The van der Waals surface area contributed by atoms with E-state index in [-0.39, 0.29) is 0 Å². The highest BCUT2D eigenvalue weighted by atomic mass is 16.6. The molecule has 0 N–H and O–H groups in total. The van der Waals surface area contributed by atoms with Crippen LogP contribution in [-0.4, -0.2) is 24.4 Å². The number of nitrogens with zero attached hydrogens (tertiary/aromatic N) is 2. The monoisotopic (exact) mass is 178 g/mol. The van der Waals surface area contributed by atoms with Crippen LogP contribution in [-0.2, 0) is 4.84 Å². The van der Waals surface area contributed by atoms with E-state index in [9.17, 15) is 0 Å². The Balaban J connectivity index is 2.52. The molecule has 68 valence electrons. The number of aryl methyl sites for hydroxylation is 1. The molecule has 0 atom stereocenters. The topological polar surface area (TPSA) is 43.7 Å².